The van der Waals surface area contributed by atoms with Gasteiger partial charge in [0.05, 0.1) is 12.0 Å². The predicted molar refractivity (Wildman–Crippen MR) is 130 cm³/mol. The minimum atomic E-state index is -0.551. The molecule has 5 rings (SSSR count). The molecule has 2 heterocycles. The lowest BCUT2D eigenvalue weighted by molar-refractivity contribution is -0.384. The van der Waals surface area contributed by atoms with E-state index >= 15 is 0 Å². The summed E-state index contributed by atoms with van der Waals surface area (Å²) in [6.45, 7) is 0. The van der Waals surface area contributed by atoms with Crippen LogP contribution in [0.25, 0.3) is 5.70 Å². The van der Waals surface area contributed by atoms with Gasteiger partial charge in [-0.15, -0.1) is 5.10 Å². The Morgan fingerprint density at radius 2 is 1.86 bits per heavy atom. The number of rotatable bonds is 6. The first-order chi connectivity index (χ1) is 17.0. The molecule has 1 amide bonds. The lowest BCUT2D eigenvalue weighted by Gasteiger charge is -2.24. The Bertz CT molecular complexity index is 1430. The normalized spacial score (nSPS) is 14.3. The van der Waals surface area contributed by atoms with Crippen molar-refractivity contribution < 1.29 is 14.5 Å². The second kappa shape index (κ2) is 9.10. The van der Waals surface area contributed by atoms with Gasteiger partial charge >= 0.3 is 0 Å². The molecule has 0 radical (unpaired) electrons. The molecule has 35 heavy (non-hydrogen) atoms. The molecule has 0 aliphatic carbocycles. The minimum absolute atomic E-state index is 0.0743. The third kappa shape index (κ3) is 4.44. The number of fused-ring (bicyclic) bond motifs is 1. The number of ether oxygens (including phenoxy) is 1. The zero-order valence-corrected chi connectivity index (χ0v) is 18.6. The van der Waals surface area contributed by atoms with Crippen molar-refractivity contribution in [3.05, 3.63) is 112 Å². The van der Waals surface area contributed by atoms with E-state index in [1.165, 1.54) is 24.3 Å². The number of amides is 1. The molecule has 1 atom stereocenters. The fraction of sp³-hybridized carbons (Fsp3) is 0.0800. The number of carbonyl (C=O) groups excluding carboxylic acids is 1. The first-order valence-corrected chi connectivity index (χ1v) is 10.7. The van der Waals surface area contributed by atoms with Crippen LogP contribution in [0.4, 0.5) is 17.6 Å². The van der Waals surface area contributed by atoms with Crippen LogP contribution < -0.4 is 15.4 Å². The second-order valence-corrected chi connectivity index (χ2v) is 7.75. The summed E-state index contributed by atoms with van der Waals surface area (Å²) in [5, 5.41) is 21.5. The molecule has 0 fully saturated rings. The highest BCUT2D eigenvalue weighted by Crippen LogP contribution is 2.33. The van der Waals surface area contributed by atoms with Gasteiger partial charge in [-0.05, 0) is 35.4 Å². The van der Waals surface area contributed by atoms with Crippen LogP contribution in [-0.4, -0.2) is 32.7 Å². The van der Waals surface area contributed by atoms with Gasteiger partial charge in [0, 0.05) is 23.4 Å². The molecule has 10 nitrogen and oxygen atoms in total. The van der Waals surface area contributed by atoms with Crippen molar-refractivity contribution >= 4 is 29.2 Å². The maximum absolute atomic E-state index is 12.7. The zero-order chi connectivity index (χ0) is 24.4. The molecule has 3 aromatic carbocycles. The number of allylic oxidation sites excluding steroid dienone is 1. The average Bonchev–Trinajstić information content (AvgIpc) is 3.31. The topological polar surface area (TPSA) is 124 Å². The summed E-state index contributed by atoms with van der Waals surface area (Å²) >= 11 is 0. The van der Waals surface area contributed by atoms with Crippen LogP contribution >= 0.6 is 0 Å². The van der Waals surface area contributed by atoms with Crippen LogP contribution in [0.2, 0.25) is 0 Å². The minimum Gasteiger partial charge on any atom is -0.497 e. The number of aromatic nitrogens is 3. The number of hydrogen-bond acceptors (Lipinski definition) is 7. The molecule has 0 saturated carbocycles. The molecule has 4 aromatic rings. The van der Waals surface area contributed by atoms with E-state index in [0.29, 0.717) is 5.95 Å². The van der Waals surface area contributed by atoms with E-state index in [1.807, 2.05) is 60.7 Å². The maximum atomic E-state index is 12.7. The Morgan fingerprint density at radius 1 is 1.09 bits per heavy atom. The van der Waals surface area contributed by atoms with Gasteiger partial charge in [-0.2, -0.15) is 4.98 Å². The third-order valence-electron chi connectivity index (χ3n) is 5.55. The molecular weight excluding hydrogens is 448 g/mol. The van der Waals surface area contributed by atoms with Crippen molar-refractivity contribution in [3.63, 3.8) is 0 Å². The van der Waals surface area contributed by atoms with E-state index in [2.05, 4.69) is 20.7 Å². The number of nitro benzene ring substituents is 1. The average molecular weight is 468 g/mol. The smallest absolute Gasteiger partial charge is 0.270 e. The summed E-state index contributed by atoms with van der Waals surface area (Å²) in [6.07, 6.45) is 2.03. The number of carbonyl (C=O) groups is 1. The quantitative estimate of drug-likeness (QED) is 0.315. The van der Waals surface area contributed by atoms with Gasteiger partial charge in [-0.1, -0.05) is 48.5 Å². The highest BCUT2D eigenvalue weighted by Gasteiger charge is 2.26. The van der Waals surface area contributed by atoms with Gasteiger partial charge in [-0.25, -0.2) is 4.68 Å². The summed E-state index contributed by atoms with van der Waals surface area (Å²) in [7, 11) is 1.61. The number of anilines is 2. The summed E-state index contributed by atoms with van der Waals surface area (Å²) in [5.41, 5.74) is 2.73. The van der Waals surface area contributed by atoms with E-state index in [9.17, 15) is 14.9 Å². The zero-order valence-electron chi connectivity index (χ0n) is 18.6. The van der Waals surface area contributed by atoms with Gasteiger partial charge < -0.3 is 10.1 Å². The number of nitrogens with one attached hydrogen (secondary N) is 2. The SMILES string of the molecule is COc1ccc([C@@H]2C=C(c3ccccc3)Nc3nc(NC(=O)c4cccc([N+](=O)[O-])c4)nn32)cc1. The van der Waals surface area contributed by atoms with E-state index < -0.39 is 10.8 Å². The van der Waals surface area contributed by atoms with E-state index in [-0.39, 0.29) is 23.2 Å². The summed E-state index contributed by atoms with van der Waals surface area (Å²) in [6, 6.07) is 22.6. The highest BCUT2D eigenvalue weighted by atomic mass is 16.6. The van der Waals surface area contributed by atoms with Crippen molar-refractivity contribution in [2.75, 3.05) is 17.7 Å². The molecular formula is C25H20N6O4. The standard InChI is InChI=1S/C25H20N6O4/c1-35-20-12-10-17(11-13-20)22-15-21(16-6-3-2-4-7-16)26-25-28-24(29-30(22)25)27-23(32)18-8-5-9-19(14-18)31(33)34/h2-15,22H,1H3,(H2,26,27,28,29,32)/t22-/m0/s1. The molecule has 1 aliphatic heterocycles. The second-order valence-electron chi connectivity index (χ2n) is 7.75. The molecule has 1 aromatic heterocycles. The molecule has 0 saturated heterocycles. The molecule has 0 bridgehead atoms. The van der Waals surface area contributed by atoms with E-state index in [1.54, 1.807) is 11.8 Å². The van der Waals surface area contributed by atoms with Crippen LogP contribution in [0, 0.1) is 10.1 Å². The summed E-state index contributed by atoms with van der Waals surface area (Å²) < 4.78 is 6.96. The monoisotopic (exact) mass is 468 g/mol. The first-order valence-electron chi connectivity index (χ1n) is 10.7. The summed E-state index contributed by atoms with van der Waals surface area (Å²) in [5.74, 6) is 0.708. The van der Waals surface area contributed by atoms with Crippen LogP contribution in [-0.2, 0) is 0 Å². The van der Waals surface area contributed by atoms with Crippen LogP contribution in [0.5, 0.6) is 5.75 Å². The molecule has 0 unspecified atom stereocenters. The van der Waals surface area contributed by atoms with Gasteiger partial charge in [-0.3, -0.25) is 20.2 Å². The van der Waals surface area contributed by atoms with Crippen molar-refractivity contribution in [2.24, 2.45) is 0 Å². The van der Waals surface area contributed by atoms with Crippen molar-refractivity contribution in [2.45, 2.75) is 6.04 Å². The molecule has 1 aliphatic rings. The van der Waals surface area contributed by atoms with Crippen LogP contribution in [0.3, 0.4) is 0 Å². The Hall–Kier alpha value is -4.99. The third-order valence-corrected chi connectivity index (χ3v) is 5.55. The van der Waals surface area contributed by atoms with E-state index in [4.69, 9.17) is 4.74 Å². The van der Waals surface area contributed by atoms with Gasteiger partial charge in [0.25, 0.3) is 17.5 Å². The van der Waals surface area contributed by atoms with Crippen molar-refractivity contribution in [3.8, 4) is 5.75 Å². The Morgan fingerprint density at radius 3 is 2.57 bits per heavy atom. The fourth-order valence-corrected chi connectivity index (χ4v) is 3.81. The predicted octanol–water partition coefficient (Wildman–Crippen LogP) is 4.50. The molecule has 174 valence electrons. The Labute approximate surface area is 200 Å². The van der Waals surface area contributed by atoms with Crippen molar-refractivity contribution in [1.29, 1.82) is 0 Å². The number of non-ortho nitro benzene ring substituents is 1. The van der Waals surface area contributed by atoms with Gasteiger partial charge in [0.1, 0.15) is 11.8 Å². The number of nitro groups is 1. The van der Waals surface area contributed by atoms with Crippen LogP contribution in [0.15, 0.2) is 84.9 Å². The van der Waals surface area contributed by atoms with Crippen LogP contribution in [0.1, 0.15) is 27.5 Å². The fourth-order valence-electron chi connectivity index (χ4n) is 3.81. The maximum Gasteiger partial charge on any atom is 0.270 e. The first kappa shape index (κ1) is 21.8. The number of nitrogens with zero attached hydrogens (tertiary/aromatic N) is 4. The largest absolute Gasteiger partial charge is 0.497 e. The lowest BCUT2D eigenvalue weighted by Crippen LogP contribution is -2.20. The van der Waals surface area contributed by atoms with Crippen molar-refractivity contribution in [1.82, 2.24) is 14.8 Å². The highest BCUT2D eigenvalue weighted by molar-refractivity contribution is 6.03. The Balaban J connectivity index is 1.48. The number of hydrogen-bond donors (Lipinski definition) is 2. The molecule has 0 spiro atoms. The summed E-state index contributed by atoms with van der Waals surface area (Å²) in [4.78, 5) is 27.7. The Kier molecular flexibility index (Phi) is 5.68. The lowest BCUT2D eigenvalue weighted by atomic mass is 10.0. The molecule has 2 N–H and O–H groups in total. The van der Waals surface area contributed by atoms with E-state index in [0.717, 1.165) is 22.6 Å². The van der Waals surface area contributed by atoms with Gasteiger partial charge in [0.2, 0.25) is 5.95 Å². The number of benzene rings is 3. The number of methoxy groups -OCH3 is 1. The molecule has 10 heteroatoms. The van der Waals surface area contributed by atoms with Gasteiger partial charge in [0.15, 0.2) is 0 Å².